The summed E-state index contributed by atoms with van der Waals surface area (Å²) in [5, 5.41) is 3.57. The largest absolute Gasteiger partial charge is 0.497 e. The van der Waals surface area contributed by atoms with Gasteiger partial charge in [-0.15, -0.1) is 0 Å². The van der Waals surface area contributed by atoms with E-state index in [1.165, 1.54) is 70.0 Å². The molecule has 1 unspecified atom stereocenters. The van der Waals surface area contributed by atoms with Crippen LogP contribution in [-0.4, -0.2) is 19.2 Å². The molecule has 0 bridgehead atoms. The van der Waals surface area contributed by atoms with Crippen molar-refractivity contribution in [2.45, 2.75) is 84.1 Å². The lowest BCUT2D eigenvalue weighted by molar-refractivity contribution is 0.164. The maximum Gasteiger partial charge on any atom is 0.109 e. The van der Waals surface area contributed by atoms with E-state index in [1.807, 2.05) is 0 Å². The van der Waals surface area contributed by atoms with Crippen LogP contribution in [0, 0.1) is 0 Å². The number of ether oxygens (including phenoxy) is 1. The Hall–Kier alpha value is -0.500. The predicted molar refractivity (Wildman–Crippen MR) is 83.3 cm³/mol. The molecular weight excluding hydrogens is 234 g/mol. The van der Waals surface area contributed by atoms with Gasteiger partial charge in [0, 0.05) is 0 Å². The molecule has 0 aliphatic carbocycles. The summed E-state index contributed by atoms with van der Waals surface area (Å²) in [6.45, 7) is 6.40. The standard InChI is InChI=1S/C17H33NO/c1-3-5-6-7-8-9-10-13-16(18-4-2)17-14-11-12-15-19-17/h14,16,18H,3-13,15H2,1-2H3. The van der Waals surface area contributed by atoms with E-state index >= 15 is 0 Å². The van der Waals surface area contributed by atoms with Gasteiger partial charge in [-0.3, -0.25) is 0 Å². The minimum absolute atomic E-state index is 0.459. The second-order valence-corrected chi connectivity index (χ2v) is 5.62. The maximum atomic E-state index is 5.80. The van der Waals surface area contributed by atoms with Crippen LogP contribution >= 0.6 is 0 Å². The molecule has 0 radical (unpaired) electrons. The Labute approximate surface area is 120 Å². The normalized spacial score (nSPS) is 16.8. The van der Waals surface area contributed by atoms with Crippen LogP contribution in [0.1, 0.15) is 78.1 Å². The van der Waals surface area contributed by atoms with Gasteiger partial charge in [-0.25, -0.2) is 0 Å². The molecule has 1 N–H and O–H groups in total. The van der Waals surface area contributed by atoms with Crippen LogP contribution in [0.5, 0.6) is 0 Å². The van der Waals surface area contributed by atoms with E-state index in [1.54, 1.807) is 0 Å². The zero-order valence-corrected chi connectivity index (χ0v) is 13.0. The van der Waals surface area contributed by atoms with Gasteiger partial charge in [-0.1, -0.05) is 58.8 Å². The van der Waals surface area contributed by atoms with Crippen LogP contribution in [0.2, 0.25) is 0 Å². The quantitative estimate of drug-likeness (QED) is 0.543. The van der Waals surface area contributed by atoms with Crippen LogP contribution in [0.25, 0.3) is 0 Å². The lowest BCUT2D eigenvalue weighted by Crippen LogP contribution is -2.32. The molecule has 112 valence electrons. The third-order valence-corrected chi connectivity index (χ3v) is 3.85. The van der Waals surface area contributed by atoms with Crippen molar-refractivity contribution in [2.24, 2.45) is 0 Å². The molecule has 1 aliphatic rings. The Kier molecular flexibility index (Phi) is 9.88. The van der Waals surface area contributed by atoms with E-state index in [4.69, 9.17) is 4.74 Å². The molecule has 0 spiro atoms. The number of allylic oxidation sites excluding steroid dienone is 1. The molecule has 1 aliphatic heterocycles. The fourth-order valence-electron chi connectivity index (χ4n) is 2.72. The van der Waals surface area contributed by atoms with Crippen molar-refractivity contribution in [1.82, 2.24) is 5.32 Å². The fourth-order valence-corrected chi connectivity index (χ4v) is 2.72. The Morgan fingerprint density at radius 2 is 1.84 bits per heavy atom. The molecule has 2 nitrogen and oxygen atoms in total. The monoisotopic (exact) mass is 267 g/mol. The summed E-state index contributed by atoms with van der Waals surface area (Å²) in [5.74, 6) is 1.21. The first-order chi connectivity index (χ1) is 9.38. The summed E-state index contributed by atoms with van der Waals surface area (Å²) in [5.41, 5.74) is 0. The summed E-state index contributed by atoms with van der Waals surface area (Å²) in [4.78, 5) is 0. The number of unbranched alkanes of at least 4 members (excludes halogenated alkanes) is 6. The summed E-state index contributed by atoms with van der Waals surface area (Å²) in [6, 6.07) is 0.459. The van der Waals surface area contributed by atoms with Gasteiger partial charge < -0.3 is 10.1 Å². The molecule has 0 aromatic rings. The average molecular weight is 267 g/mol. The highest BCUT2D eigenvalue weighted by Crippen LogP contribution is 2.18. The Morgan fingerprint density at radius 1 is 1.11 bits per heavy atom. The third kappa shape index (κ3) is 7.61. The highest BCUT2D eigenvalue weighted by Gasteiger charge is 2.16. The number of hydrogen-bond donors (Lipinski definition) is 1. The van der Waals surface area contributed by atoms with Gasteiger partial charge in [-0.05, 0) is 31.9 Å². The Morgan fingerprint density at radius 3 is 2.47 bits per heavy atom. The van der Waals surface area contributed by atoms with Crippen molar-refractivity contribution in [3.63, 3.8) is 0 Å². The van der Waals surface area contributed by atoms with Crippen LogP contribution in [-0.2, 0) is 4.74 Å². The zero-order chi connectivity index (χ0) is 13.8. The maximum absolute atomic E-state index is 5.80. The van der Waals surface area contributed by atoms with Gasteiger partial charge in [-0.2, -0.15) is 0 Å². The first-order valence-electron chi connectivity index (χ1n) is 8.44. The van der Waals surface area contributed by atoms with E-state index < -0.39 is 0 Å². The first kappa shape index (κ1) is 16.6. The van der Waals surface area contributed by atoms with Crippen molar-refractivity contribution in [1.29, 1.82) is 0 Å². The fraction of sp³-hybridized carbons (Fsp3) is 0.882. The van der Waals surface area contributed by atoms with Crippen LogP contribution in [0.3, 0.4) is 0 Å². The van der Waals surface area contributed by atoms with E-state index in [2.05, 4.69) is 25.2 Å². The minimum Gasteiger partial charge on any atom is -0.497 e. The number of nitrogens with one attached hydrogen (secondary N) is 1. The second kappa shape index (κ2) is 11.3. The summed E-state index contributed by atoms with van der Waals surface area (Å²) < 4.78 is 5.80. The number of rotatable bonds is 11. The van der Waals surface area contributed by atoms with E-state index in [0.717, 1.165) is 13.2 Å². The van der Waals surface area contributed by atoms with Gasteiger partial charge in [0.2, 0.25) is 0 Å². The molecule has 0 aromatic carbocycles. The average Bonchev–Trinajstić information content (AvgIpc) is 2.46. The van der Waals surface area contributed by atoms with E-state index in [0.29, 0.717) is 6.04 Å². The predicted octanol–water partition coefficient (Wildman–Crippen LogP) is 4.80. The lowest BCUT2D eigenvalue weighted by atomic mass is 10.0. The molecule has 1 atom stereocenters. The molecule has 0 saturated carbocycles. The molecule has 0 fully saturated rings. The van der Waals surface area contributed by atoms with Crippen molar-refractivity contribution in [2.75, 3.05) is 13.2 Å². The first-order valence-corrected chi connectivity index (χ1v) is 8.44. The van der Waals surface area contributed by atoms with Crippen molar-refractivity contribution < 1.29 is 4.74 Å². The highest BCUT2D eigenvalue weighted by molar-refractivity contribution is 5.05. The highest BCUT2D eigenvalue weighted by atomic mass is 16.5. The second-order valence-electron chi connectivity index (χ2n) is 5.62. The molecule has 0 aromatic heterocycles. The summed E-state index contributed by atoms with van der Waals surface area (Å²) in [6.07, 6.45) is 15.6. The molecular formula is C17H33NO. The van der Waals surface area contributed by atoms with E-state index in [-0.39, 0.29) is 0 Å². The number of hydrogen-bond acceptors (Lipinski definition) is 2. The van der Waals surface area contributed by atoms with Gasteiger partial charge in [0.25, 0.3) is 0 Å². The van der Waals surface area contributed by atoms with Crippen molar-refractivity contribution >= 4 is 0 Å². The molecule has 2 heteroatoms. The lowest BCUT2D eigenvalue weighted by Gasteiger charge is -2.24. The SMILES string of the molecule is CCCCCCCCCC(NCC)C1=CCCCO1. The van der Waals surface area contributed by atoms with Crippen molar-refractivity contribution in [3.8, 4) is 0 Å². The minimum atomic E-state index is 0.459. The molecule has 1 rings (SSSR count). The van der Waals surface area contributed by atoms with Gasteiger partial charge in [0.15, 0.2) is 0 Å². The molecule has 19 heavy (non-hydrogen) atoms. The summed E-state index contributed by atoms with van der Waals surface area (Å²) >= 11 is 0. The third-order valence-electron chi connectivity index (χ3n) is 3.85. The Bertz CT molecular complexity index is 237. The van der Waals surface area contributed by atoms with Crippen molar-refractivity contribution in [3.05, 3.63) is 11.8 Å². The smallest absolute Gasteiger partial charge is 0.109 e. The van der Waals surface area contributed by atoms with E-state index in [9.17, 15) is 0 Å². The van der Waals surface area contributed by atoms with Crippen LogP contribution in [0.15, 0.2) is 11.8 Å². The number of likely N-dealkylation sites (N-methyl/N-ethyl adjacent to an activating group) is 1. The Balaban J connectivity index is 2.13. The van der Waals surface area contributed by atoms with Gasteiger partial charge in [0.1, 0.15) is 5.76 Å². The molecule has 0 saturated heterocycles. The zero-order valence-electron chi connectivity index (χ0n) is 13.0. The molecule has 1 heterocycles. The van der Waals surface area contributed by atoms with Crippen LogP contribution in [0.4, 0.5) is 0 Å². The van der Waals surface area contributed by atoms with Gasteiger partial charge >= 0.3 is 0 Å². The molecule has 0 amide bonds. The van der Waals surface area contributed by atoms with Gasteiger partial charge in [0.05, 0.1) is 12.6 Å². The summed E-state index contributed by atoms with van der Waals surface area (Å²) in [7, 11) is 0. The topological polar surface area (TPSA) is 21.3 Å². The van der Waals surface area contributed by atoms with Crippen LogP contribution < -0.4 is 5.32 Å².